The highest BCUT2D eigenvalue weighted by molar-refractivity contribution is 7.14. The van der Waals surface area contributed by atoms with E-state index in [9.17, 15) is 14.0 Å². The predicted octanol–water partition coefficient (Wildman–Crippen LogP) is 3.54. The Kier molecular flexibility index (Phi) is 5.30. The molecular formula is C20H22FN3O3S. The van der Waals surface area contributed by atoms with Crippen molar-refractivity contribution in [2.45, 2.75) is 25.7 Å². The molecule has 1 unspecified atom stereocenters. The third-order valence-corrected chi connectivity index (χ3v) is 5.96. The van der Waals surface area contributed by atoms with Gasteiger partial charge in [0.05, 0.1) is 18.7 Å². The van der Waals surface area contributed by atoms with E-state index in [1.165, 1.54) is 30.6 Å². The van der Waals surface area contributed by atoms with Crippen molar-refractivity contribution in [3.05, 3.63) is 29.4 Å². The second-order valence-electron chi connectivity index (χ2n) is 7.27. The fourth-order valence-electron chi connectivity index (χ4n) is 3.52. The zero-order chi connectivity index (χ0) is 19.7. The summed E-state index contributed by atoms with van der Waals surface area (Å²) in [7, 11) is 1.52. The van der Waals surface area contributed by atoms with Gasteiger partial charge in [0, 0.05) is 30.0 Å². The van der Waals surface area contributed by atoms with Crippen LogP contribution in [-0.2, 0) is 9.59 Å². The molecule has 2 heterocycles. The van der Waals surface area contributed by atoms with Crippen LogP contribution in [-0.4, -0.2) is 41.9 Å². The molecule has 1 aliphatic heterocycles. The summed E-state index contributed by atoms with van der Waals surface area (Å²) in [4.78, 5) is 31.2. The number of nitrogens with one attached hydrogen (secondary N) is 1. The molecule has 2 fully saturated rings. The Labute approximate surface area is 166 Å². The average Bonchev–Trinajstić information content (AvgIpc) is 3.46. The molecule has 1 atom stereocenters. The molecule has 0 bridgehead atoms. The fourth-order valence-corrected chi connectivity index (χ4v) is 4.24. The first kappa shape index (κ1) is 18.9. The number of aromatic nitrogens is 1. The molecule has 2 aliphatic rings. The number of thiazole rings is 1. The first-order valence-electron chi connectivity index (χ1n) is 9.44. The normalized spacial score (nSPS) is 19.4. The Hall–Kier alpha value is -2.48. The van der Waals surface area contributed by atoms with Gasteiger partial charge >= 0.3 is 0 Å². The van der Waals surface area contributed by atoms with Crippen molar-refractivity contribution in [3.8, 4) is 17.0 Å². The number of likely N-dealkylation sites (tertiary alicyclic amines) is 1. The van der Waals surface area contributed by atoms with E-state index in [0.29, 0.717) is 28.7 Å². The zero-order valence-electron chi connectivity index (χ0n) is 15.6. The molecule has 1 aromatic heterocycles. The van der Waals surface area contributed by atoms with Gasteiger partial charge in [0.1, 0.15) is 11.6 Å². The van der Waals surface area contributed by atoms with Gasteiger partial charge in [-0.2, -0.15) is 0 Å². The van der Waals surface area contributed by atoms with Crippen molar-refractivity contribution in [2.75, 3.05) is 25.5 Å². The maximum Gasteiger partial charge on any atom is 0.231 e. The molecule has 28 heavy (non-hydrogen) atoms. The number of anilines is 1. The van der Waals surface area contributed by atoms with E-state index in [4.69, 9.17) is 4.74 Å². The number of amides is 2. The smallest absolute Gasteiger partial charge is 0.231 e. The number of hydrogen-bond donors (Lipinski definition) is 1. The van der Waals surface area contributed by atoms with Gasteiger partial charge < -0.3 is 15.0 Å². The first-order chi connectivity index (χ1) is 13.5. The number of nitrogens with zero attached hydrogens (tertiary/aromatic N) is 2. The summed E-state index contributed by atoms with van der Waals surface area (Å²) >= 11 is 1.28. The number of ether oxygens (including phenoxy) is 1. The van der Waals surface area contributed by atoms with E-state index in [0.717, 1.165) is 32.2 Å². The molecule has 1 saturated heterocycles. The minimum absolute atomic E-state index is 0.125. The summed E-state index contributed by atoms with van der Waals surface area (Å²) in [6.45, 7) is 1.21. The lowest BCUT2D eigenvalue weighted by Crippen LogP contribution is -2.44. The average molecular weight is 403 g/mol. The van der Waals surface area contributed by atoms with Gasteiger partial charge in [-0.25, -0.2) is 9.37 Å². The molecule has 0 radical (unpaired) electrons. The molecule has 0 spiro atoms. The van der Waals surface area contributed by atoms with Gasteiger partial charge in [-0.05, 0) is 43.9 Å². The van der Waals surface area contributed by atoms with Crippen LogP contribution in [0.4, 0.5) is 9.52 Å². The maximum atomic E-state index is 13.6. The minimum Gasteiger partial charge on any atom is -0.496 e. The highest BCUT2D eigenvalue weighted by atomic mass is 32.1. The van der Waals surface area contributed by atoms with Crippen molar-refractivity contribution >= 4 is 28.3 Å². The van der Waals surface area contributed by atoms with Crippen LogP contribution >= 0.6 is 11.3 Å². The quantitative estimate of drug-likeness (QED) is 0.829. The number of methoxy groups -OCH3 is 1. The molecular weight excluding hydrogens is 381 g/mol. The van der Waals surface area contributed by atoms with Crippen LogP contribution in [0.25, 0.3) is 11.3 Å². The largest absolute Gasteiger partial charge is 0.496 e. The summed E-state index contributed by atoms with van der Waals surface area (Å²) < 4.78 is 18.9. The van der Waals surface area contributed by atoms with Crippen molar-refractivity contribution < 1.29 is 18.7 Å². The lowest BCUT2D eigenvalue weighted by Gasteiger charge is -2.32. The van der Waals surface area contributed by atoms with Gasteiger partial charge in [-0.1, -0.05) is 0 Å². The Morgan fingerprint density at radius 2 is 2.11 bits per heavy atom. The van der Waals surface area contributed by atoms with E-state index in [1.807, 2.05) is 4.90 Å². The van der Waals surface area contributed by atoms with Crippen LogP contribution in [0.2, 0.25) is 0 Å². The van der Waals surface area contributed by atoms with E-state index < -0.39 is 0 Å². The number of piperidine rings is 1. The Bertz CT molecular complexity index is 897. The highest BCUT2D eigenvalue weighted by Crippen LogP contribution is 2.34. The zero-order valence-corrected chi connectivity index (χ0v) is 16.4. The standard InChI is InChI=1S/C20H22FN3O3S/c1-27-17-7-6-14(21)9-15(17)16-11-28-20(22-16)23-18(25)13-3-2-8-24(10-13)19(26)12-4-5-12/h6-7,9,11-13H,2-5,8,10H2,1H3,(H,22,23,25). The number of halogens is 1. The van der Waals surface area contributed by atoms with Crippen LogP contribution in [0.3, 0.4) is 0 Å². The number of carbonyl (C=O) groups is 2. The van der Waals surface area contributed by atoms with Gasteiger partial charge in [-0.15, -0.1) is 11.3 Å². The molecule has 1 aromatic carbocycles. The molecule has 4 rings (SSSR count). The van der Waals surface area contributed by atoms with Gasteiger partial charge in [-0.3, -0.25) is 9.59 Å². The molecule has 1 N–H and O–H groups in total. The number of benzene rings is 1. The van der Waals surface area contributed by atoms with Crippen molar-refractivity contribution in [3.63, 3.8) is 0 Å². The van der Waals surface area contributed by atoms with Crippen LogP contribution in [0, 0.1) is 17.7 Å². The van der Waals surface area contributed by atoms with E-state index >= 15 is 0 Å². The van der Waals surface area contributed by atoms with Crippen LogP contribution < -0.4 is 10.1 Å². The van der Waals surface area contributed by atoms with Crippen molar-refractivity contribution in [1.29, 1.82) is 0 Å². The number of rotatable bonds is 5. The maximum absolute atomic E-state index is 13.6. The fraction of sp³-hybridized carbons (Fsp3) is 0.450. The van der Waals surface area contributed by atoms with Crippen molar-refractivity contribution in [1.82, 2.24) is 9.88 Å². The molecule has 1 aliphatic carbocycles. The summed E-state index contributed by atoms with van der Waals surface area (Å²) in [5.74, 6) is 0.146. The number of carbonyl (C=O) groups excluding carboxylic acids is 2. The minimum atomic E-state index is -0.378. The molecule has 148 valence electrons. The Morgan fingerprint density at radius 1 is 1.29 bits per heavy atom. The monoisotopic (exact) mass is 403 g/mol. The first-order valence-corrected chi connectivity index (χ1v) is 10.3. The topological polar surface area (TPSA) is 71.5 Å². The molecule has 6 nitrogen and oxygen atoms in total. The van der Waals surface area contributed by atoms with Crippen LogP contribution in [0.5, 0.6) is 5.75 Å². The van der Waals surface area contributed by atoms with Crippen molar-refractivity contribution in [2.24, 2.45) is 11.8 Å². The van der Waals surface area contributed by atoms with E-state index in [1.54, 1.807) is 11.4 Å². The second-order valence-corrected chi connectivity index (χ2v) is 8.13. The SMILES string of the molecule is COc1ccc(F)cc1-c1csc(NC(=O)C2CCCN(C(=O)C3CC3)C2)n1. The second kappa shape index (κ2) is 7.87. The Balaban J connectivity index is 1.43. The van der Waals surface area contributed by atoms with Crippen LogP contribution in [0.15, 0.2) is 23.6 Å². The van der Waals surface area contributed by atoms with Gasteiger partial charge in [0.2, 0.25) is 11.8 Å². The summed E-state index contributed by atoms with van der Waals surface area (Å²) in [5, 5.41) is 5.07. The summed E-state index contributed by atoms with van der Waals surface area (Å²) in [6.07, 6.45) is 3.53. The molecule has 2 amide bonds. The van der Waals surface area contributed by atoms with Crippen LogP contribution in [0.1, 0.15) is 25.7 Å². The molecule has 1 saturated carbocycles. The predicted molar refractivity (Wildman–Crippen MR) is 105 cm³/mol. The lowest BCUT2D eigenvalue weighted by molar-refractivity contribution is -0.135. The lowest BCUT2D eigenvalue weighted by atomic mass is 9.97. The van der Waals surface area contributed by atoms with E-state index in [-0.39, 0.29) is 29.5 Å². The highest BCUT2D eigenvalue weighted by Gasteiger charge is 2.36. The third-order valence-electron chi connectivity index (χ3n) is 5.20. The van der Waals surface area contributed by atoms with E-state index in [2.05, 4.69) is 10.3 Å². The number of hydrogen-bond acceptors (Lipinski definition) is 5. The van der Waals surface area contributed by atoms with Gasteiger partial charge in [0.15, 0.2) is 5.13 Å². The summed E-state index contributed by atoms with van der Waals surface area (Å²) in [5.41, 5.74) is 1.09. The van der Waals surface area contributed by atoms with Gasteiger partial charge in [0.25, 0.3) is 0 Å². The third kappa shape index (κ3) is 4.01. The summed E-state index contributed by atoms with van der Waals surface area (Å²) in [6, 6.07) is 4.24. The Morgan fingerprint density at radius 3 is 2.86 bits per heavy atom. The molecule has 8 heteroatoms. The molecule has 2 aromatic rings.